The van der Waals surface area contributed by atoms with Crippen molar-refractivity contribution in [2.24, 2.45) is 5.92 Å². The number of aliphatic hydroxyl groups excluding tert-OH is 1. The molecule has 19 heavy (non-hydrogen) atoms. The Balaban J connectivity index is 2.07. The second-order valence-corrected chi connectivity index (χ2v) is 6.63. The molecule has 0 unspecified atom stereocenters. The van der Waals surface area contributed by atoms with Gasteiger partial charge in [-0.3, -0.25) is 0 Å². The van der Waals surface area contributed by atoms with Crippen molar-refractivity contribution in [1.82, 2.24) is 4.72 Å². The van der Waals surface area contributed by atoms with Crippen molar-refractivity contribution in [2.75, 3.05) is 6.54 Å². The molecule has 0 aromatic heterocycles. The van der Waals surface area contributed by atoms with Gasteiger partial charge in [0.1, 0.15) is 5.82 Å². The predicted molar refractivity (Wildman–Crippen MR) is 69.5 cm³/mol. The van der Waals surface area contributed by atoms with Gasteiger partial charge in [-0.05, 0) is 30.0 Å². The van der Waals surface area contributed by atoms with Gasteiger partial charge >= 0.3 is 0 Å². The van der Waals surface area contributed by atoms with Gasteiger partial charge in [0.05, 0.1) is 11.5 Å². The van der Waals surface area contributed by atoms with Crippen LogP contribution in [0.15, 0.2) is 23.1 Å². The van der Waals surface area contributed by atoms with Crippen LogP contribution in [0.25, 0.3) is 0 Å². The van der Waals surface area contributed by atoms with Crippen molar-refractivity contribution in [2.45, 2.75) is 37.2 Å². The Labute approximate surface area is 112 Å². The lowest BCUT2D eigenvalue weighted by Gasteiger charge is -2.25. The fraction of sp³-hybridized carbons (Fsp3) is 0.538. The van der Waals surface area contributed by atoms with Gasteiger partial charge in [-0.15, -0.1) is 0 Å². The molecule has 0 radical (unpaired) electrons. The SMILES string of the molecule is O=S(=O)(NCCC1CCC1)c1cc(F)ccc1CO. The molecule has 1 aliphatic carbocycles. The summed E-state index contributed by atoms with van der Waals surface area (Å²) in [6.07, 6.45) is 4.34. The van der Waals surface area contributed by atoms with E-state index in [1.165, 1.54) is 12.5 Å². The van der Waals surface area contributed by atoms with Gasteiger partial charge in [0.2, 0.25) is 10.0 Å². The van der Waals surface area contributed by atoms with Crippen molar-refractivity contribution in [3.8, 4) is 0 Å². The zero-order chi connectivity index (χ0) is 13.9. The lowest BCUT2D eigenvalue weighted by molar-refractivity contribution is 0.278. The normalized spacial score (nSPS) is 16.3. The number of halogens is 1. The summed E-state index contributed by atoms with van der Waals surface area (Å²) >= 11 is 0. The van der Waals surface area contributed by atoms with E-state index in [2.05, 4.69) is 4.72 Å². The van der Waals surface area contributed by atoms with Gasteiger partial charge in [0.25, 0.3) is 0 Å². The maximum atomic E-state index is 13.2. The van der Waals surface area contributed by atoms with Crippen molar-refractivity contribution in [3.05, 3.63) is 29.6 Å². The Morgan fingerprint density at radius 1 is 1.37 bits per heavy atom. The maximum Gasteiger partial charge on any atom is 0.241 e. The third-order valence-corrected chi connectivity index (χ3v) is 5.10. The number of rotatable bonds is 6. The largest absolute Gasteiger partial charge is 0.392 e. The molecule has 0 spiro atoms. The molecule has 0 heterocycles. The molecule has 1 aliphatic rings. The minimum absolute atomic E-state index is 0.177. The fourth-order valence-corrected chi connectivity index (χ4v) is 3.45. The molecule has 2 N–H and O–H groups in total. The summed E-state index contributed by atoms with van der Waals surface area (Å²) in [5, 5.41) is 9.12. The molecule has 0 atom stereocenters. The monoisotopic (exact) mass is 287 g/mol. The predicted octanol–water partition coefficient (Wildman–Crippen LogP) is 1.79. The van der Waals surface area contributed by atoms with Crippen LogP contribution in [0.2, 0.25) is 0 Å². The van der Waals surface area contributed by atoms with Crippen molar-refractivity contribution < 1.29 is 17.9 Å². The van der Waals surface area contributed by atoms with Gasteiger partial charge in [-0.25, -0.2) is 17.5 Å². The number of sulfonamides is 1. The highest BCUT2D eigenvalue weighted by molar-refractivity contribution is 7.89. The van der Waals surface area contributed by atoms with E-state index in [1.54, 1.807) is 0 Å². The average molecular weight is 287 g/mol. The van der Waals surface area contributed by atoms with Crippen LogP contribution in [-0.2, 0) is 16.6 Å². The Kier molecular flexibility index (Phi) is 4.54. The smallest absolute Gasteiger partial charge is 0.241 e. The van der Waals surface area contributed by atoms with E-state index in [0.29, 0.717) is 12.5 Å². The quantitative estimate of drug-likeness (QED) is 0.838. The molecule has 4 nitrogen and oxygen atoms in total. The van der Waals surface area contributed by atoms with Gasteiger partial charge in [-0.1, -0.05) is 25.3 Å². The third-order valence-electron chi connectivity index (χ3n) is 3.56. The standard InChI is InChI=1S/C13H18FNO3S/c14-12-5-4-11(9-16)13(8-12)19(17,18)15-7-6-10-2-1-3-10/h4-5,8,10,15-16H,1-3,6-7,9H2. The number of aliphatic hydroxyl groups is 1. The Morgan fingerprint density at radius 3 is 2.68 bits per heavy atom. The van der Waals surface area contributed by atoms with E-state index in [0.717, 1.165) is 31.4 Å². The molecule has 1 aromatic carbocycles. The summed E-state index contributed by atoms with van der Waals surface area (Å²) in [6, 6.07) is 3.37. The van der Waals surface area contributed by atoms with Gasteiger partial charge in [-0.2, -0.15) is 0 Å². The van der Waals surface area contributed by atoms with Crippen molar-refractivity contribution in [1.29, 1.82) is 0 Å². The Morgan fingerprint density at radius 2 is 2.11 bits per heavy atom. The molecular weight excluding hydrogens is 269 g/mol. The second kappa shape index (κ2) is 5.98. The van der Waals surface area contributed by atoms with Gasteiger partial charge < -0.3 is 5.11 Å². The lowest BCUT2D eigenvalue weighted by atomic mass is 9.83. The van der Waals surface area contributed by atoms with Gasteiger partial charge in [0, 0.05) is 6.54 Å². The van der Waals surface area contributed by atoms with Crippen molar-refractivity contribution in [3.63, 3.8) is 0 Å². The van der Waals surface area contributed by atoms with Crippen molar-refractivity contribution >= 4 is 10.0 Å². The van der Waals surface area contributed by atoms with E-state index in [4.69, 9.17) is 5.11 Å². The molecule has 1 fully saturated rings. The van der Waals surface area contributed by atoms with Crippen LogP contribution < -0.4 is 4.72 Å². The lowest BCUT2D eigenvalue weighted by Crippen LogP contribution is -2.28. The van der Waals surface area contributed by atoms with E-state index in [-0.39, 0.29) is 10.5 Å². The van der Waals surface area contributed by atoms with E-state index in [1.807, 2.05) is 0 Å². The highest BCUT2D eigenvalue weighted by Crippen LogP contribution is 2.29. The average Bonchev–Trinajstić information content (AvgIpc) is 2.32. The summed E-state index contributed by atoms with van der Waals surface area (Å²) in [7, 11) is -3.76. The van der Waals surface area contributed by atoms with Crippen LogP contribution >= 0.6 is 0 Å². The fourth-order valence-electron chi connectivity index (χ4n) is 2.17. The van der Waals surface area contributed by atoms with Crippen LogP contribution in [0, 0.1) is 11.7 Å². The van der Waals surface area contributed by atoms with E-state index in [9.17, 15) is 12.8 Å². The molecule has 0 aliphatic heterocycles. The van der Waals surface area contributed by atoms with Gasteiger partial charge in [0.15, 0.2) is 0 Å². The molecule has 0 saturated heterocycles. The first-order valence-corrected chi connectivity index (χ1v) is 7.90. The highest BCUT2D eigenvalue weighted by atomic mass is 32.2. The first-order chi connectivity index (χ1) is 9.03. The van der Waals surface area contributed by atoms with Crippen LogP contribution in [0.1, 0.15) is 31.2 Å². The molecule has 0 bridgehead atoms. The topological polar surface area (TPSA) is 66.4 Å². The summed E-state index contributed by atoms with van der Waals surface area (Å²) < 4.78 is 39.8. The van der Waals surface area contributed by atoms with Crippen LogP contribution in [0.3, 0.4) is 0 Å². The zero-order valence-electron chi connectivity index (χ0n) is 10.6. The third kappa shape index (κ3) is 3.52. The Hall–Kier alpha value is -0.980. The van der Waals surface area contributed by atoms with E-state index >= 15 is 0 Å². The Bertz CT molecular complexity index is 541. The molecule has 1 aromatic rings. The summed E-state index contributed by atoms with van der Waals surface area (Å²) in [6.45, 7) is -0.0759. The number of nitrogens with one attached hydrogen (secondary N) is 1. The molecule has 2 rings (SSSR count). The number of hydrogen-bond acceptors (Lipinski definition) is 3. The van der Waals surface area contributed by atoms with Crippen LogP contribution in [0.5, 0.6) is 0 Å². The van der Waals surface area contributed by atoms with Crippen LogP contribution in [0.4, 0.5) is 4.39 Å². The number of benzene rings is 1. The first kappa shape index (κ1) is 14.4. The summed E-state index contributed by atoms with van der Waals surface area (Å²) in [5.74, 6) is -0.0240. The molecule has 0 amide bonds. The number of hydrogen-bond donors (Lipinski definition) is 2. The molecular formula is C13H18FNO3S. The molecule has 6 heteroatoms. The van der Waals surface area contributed by atoms with Crippen LogP contribution in [-0.4, -0.2) is 20.1 Å². The summed E-state index contributed by atoms with van der Waals surface area (Å²) in [4.78, 5) is -0.177. The summed E-state index contributed by atoms with van der Waals surface area (Å²) in [5.41, 5.74) is 0.206. The minimum Gasteiger partial charge on any atom is -0.392 e. The molecule has 1 saturated carbocycles. The zero-order valence-corrected chi connectivity index (χ0v) is 11.4. The second-order valence-electron chi connectivity index (χ2n) is 4.89. The van der Waals surface area contributed by atoms with E-state index < -0.39 is 22.4 Å². The highest BCUT2D eigenvalue weighted by Gasteiger charge is 2.21. The first-order valence-electron chi connectivity index (χ1n) is 6.42. The molecule has 106 valence electrons. The maximum absolute atomic E-state index is 13.2. The minimum atomic E-state index is -3.76.